The molecule has 34 heavy (non-hydrogen) atoms. The molecule has 1 fully saturated rings. The molecule has 0 aromatic heterocycles. The second kappa shape index (κ2) is 8.78. The summed E-state index contributed by atoms with van der Waals surface area (Å²) in [5.74, 6) is 0.275. The van der Waals surface area contributed by atoms with Gasteiger partial charge in [-0.3, -0.25) is 4.79 Å². The lowest BCUT2D eigenvalue weighted by Gasteiger charge is -2.23. The minimum atomic E-state index is -0.235. The molecule has 5 rings (SSSR count). The fourth-order valence-electron chi connectivity index (χ4n) is 4.98. The van der Waals surface area contributed by atoms with Crippen molar-refractivity contribution in [3.63, 3.8) is 0 Å². The first-order valence-electron chi connectivity index (χ1n) is 11.5. The van der Waals surface area contributed by atoms with Crippen molar-refractivity contribution in [3.8, 4) is 28.4 Å². The van der Waals surface area contributed by atoms with Crippen LogP contribution in [0.4, 0.5) is 0 Å². The van der Waals surface area contributed by atoms with Crippen molar-refractivity contribution in [2.45, 2.75) is 44.9 Å². The van der Waals surface area contributed by atoms with E-state index in [-0.39, 0.29) is 34.3 Å². The average molecular weight is 458 g/mol. The van der Waals surface area contributed by atoms with Crippen LogP contribution >= 0.6 is 0 Å². The van der Waals surface area contributed by atoms with Gasteiger partial charge in [0.2, 0.25) is 0 Å². The van der Waals surface area contributed by atoms with Crippen LogP contribution in [0.5, 0.6) is 17.2 Å². The SMILES string of the molecule is C=C(O)c1cc(O)c(-c2cccc(COc3ccc4c(c3)CN(C3CCCC3)C4=O)c2)c(O)c1. The van der Waals surface area contributed by atoms with Crippen LogP contribution in [0.3, 0.4) is 0 Å². The number of ether oxygens (including phenoxy) is 1. The van der Waals surface area contributed by atoms with Gasteiger partial charge in [-0.2, -0.15) is 0 Å². The van der Waals surface area contributed by atoms with Gasteiger partial charge in [-0.15, -0.1) is 0 Å². The van der Waals surface area contributed by atoms with Crippen LogP contribution in [0.25, 0.3) is 16.9 Å². The first kappa shape index (κ1) is 21.9. The Hall–Kier alpha value is -3.93. The third-order valence-corrected chi connectivity index (χ3v) is 6.73. The van der Waals surface area contributed by atoms with Gasteiger partial charge in [0.05, 0.1) is 5.56 Å². The zero-order valence-electron chi connectivity index (χ0n) is 18.8. The van der Waals surface area contributed by atoms with E-state index in [1.165, 1.54) is 25.0 Å². The summed E-state index contributed by atoms with van der Waals surface area (Å²) in [6.07, 6.45) is 4.55. The van der Waals surface area contributed by atoms with Crippen LogP contribution in [0.2, 0.25) is 0 Å². The molecule has 1 aliphatic carbocycles. The highest BCUT2D eigenvalue weighted by molar-refractivity contribution is 5.98. The number of carbonyl (C=O) groups is 1. The van der Waals surface area contributed by atoms with Gasteiger partial charge in [-0.25, -0.2) is 0 Å². The first-order valence-corrected chi connectivity index (χ1v) is 11.5. The summed E-state index contributed by atoms with van der Waals surface area (Å²) in [6, 6.07) is 16.1. The second-order valence-corrected chi connectivity index (χ2v) is 9.02. The molecule has 6 nitrogen and oxygen atoms in total. The average Bonchev–Trinajstić information content (AvgIpc) is 3.45. The number of amides is 1. The quantitative estimate of drug-likeness (QED) is 0.409. The smallest absolute Gasteiger partial charge is 0.254 e. The zero-order chi connectivity index (χ0) is 23.8. The maximum Gasteiger partial charge on any atom is 0.254 e. The summed E-state index contributed by atoms with van der Waals surface area (Å²) >= 11 is 0. The lowest BCUT2D eigenvalue weighted by molar-refractivity contribution is 0.0707. The fraction of sp³-hybridized carbons (Fsp3) is 0.250. The van der Waals surface area contributed by atoms with Crippen molar-refractivity contribution in [3.05, 3.63) is 83.4 Å². The summed E-state index contributed by atoms with van der Waals surface area (Å²) in [6.45, 7) is 4.35. The third-order valence-electron chi connectivity index (χ3n) is 6.73. The summed E-state index contributed by atoms with van der Waals surface area (Å²) in [4.78, 5) is 14.8. The summed E-state index contributed by atoms with van der Waals surface area (Å²) < 4.78 is 6.02. The van der Waals surface area contributed by atoms with Crippen LogP contribution in [0, 0.1) is 0 Å². The van der Waals surface area contributed by atoms with Gasteiger partial charge in [0.25, 0.3) is 5.91 Å². The van der Waals surface area contributed by atoms with Crippen molar-refractivity contribution in [2.75, 3.05) is 0 Å². The van der Waals surface area contributed by atoms with E-state index in [1.807, 2.05) is 41.3 Å². The van der Waals surface area contributed by atoms with Gasteiger partial charge in [-0.1, -0.05) is 37.6 Å². The second-order valence-electron chi connectivity index (χ2n) is 9.02. The van der Waals surface area contributed by atoms with Gasteiger partial charge in [0.15, 0.2) is 0 Å². The normalized spacial score (nSPS) is 15.5. The van der Waals surface area contributed by atoms with Crippen LogP contribution in [0.1, 0.15) is 52.7 Å². The molecule has 1 heterocycles. The Morgan fingerprint density at radius 1 is 1.03 bits per heavy atom. The third kappa shape index (κ3) is 4.07. The number of nitrogens with zero attached hydrogens (tertiary/aromatic N) is 1. The largest absolute Gasteiger partial charge is 0.508 e. The Kier molecular flexibility index (Phi) is 5.65. The van der Waals surface area contributed by atoms with Gasteiger partial charge in [0.1, 0.15) is 29.6 Å². The molecule has 0 radical (unpaired) electrons. The van der Waals surface area contributed by atoms with Gasteiger partial charge >= 0.3 is 0 Å². The van der Waals surface area contributed by atoms with Crippen LogP contribution in [-0.4, -0.2) is 32.2 Å². The molecule has 3 N–H and O–H groups in total. The number of fused-ring (bicyclic) bond motifs is 1. The predicted molar refractivity (Wildman–Crippen MR) is 130 cm³/mol. The Balaban J connectivity index is 1.31. The molecule has 0 bridgehead atoms. The number of hydrogen-bond donors (Lipinski definition) is 3. The highest BCUT2D eigenvalue weighted by Crippen LogP contribution is 2.40. The van der Waals surface area contributed by atoms with Crippen molar-refractivity contribution in [1.82, 2.24) is 4.90 Å². The zero-order valence-corrected chi connectivity index (χ0v) is 18.8. The van der Waals surface area contributed by atoms with E-state index in [2.05, 4.69) is 6.58 Å². The summed E-state index contributed by atoms with van der Waals surface area (Å²) in [5, 5.41) is 30.4. The molecule has 0 saturated heterocycles. The molecule has 3 aromatic carbocycles. The van der Waals surface area contributed by atoms with E-state index < -0.39 is 0 Å². The fourth-order valence-corrected chi connectivity index (χ4v) is 4.98. The highest BCUT2D eigenvalue weighted by atomic mass is 16.5. The minimum absolute atomic E-state index is 0.122. The lowest BCUT2D eigenvalue weighted by Crippen LogP contribution is -2.33. The molecular weight excluding hydrogens is 430 g/mol. The molecular formula is C28H27NO5. The van der Waals surface area contributed by atoms with Crippen molar-refractivity contribution in [1.29, 1.82) is 0 Å². The van der Waals surface area contributed by atoms with Crippen LogP contribution < -0.4 is 4.74 Å². The Morgan fingerprint density at radius 2 is 1.76 bits per heavy atom. The van der Waals surface area contributed by atoms with Crippen molar-refractivity contribution in [2.24, 2.45) is 0 Å². The number of carbonyl (C=O) groups excluding carboxylic acids is 1. The summed E-state index contributed by atoms with van der Waals surface area (Å²) in [7, 11) is 0. The molecule has 1 saturated carbocycles. The molecule has 0 spiro atoms. The molecule has 0 unspecified atom stereocenters. The maximum atomic E-state index is 12.8. The lowest BCUT2D eigenvalue weighted by atomic mass is 9.99. The Bertz CT molecular complexity index is 1250. The van der Waals surface area contributed by atoms with E-state index in [1.54, 1.807) is 6.07 Å². The highest BCUT2D eigenvalue weighted by Gasteiger charge is 2.34. The Labute approximate surface area is 198 Å². The topological polar surface area (TPSA) is 90.2 Å². The Morgan fingerprint density at radius 3 is 2.47 bits per heavy atom. The molecule has 0 atom stereocenters. The number of phenolic OH excluding ortho intramolecular Hbond substituents is 2. The van der Waals surface area contributed by atoms with Crippen molar-refractivity contribution < 1.29 is 24.9 Å². The van der Waals surface area contributed by atoms with E-state index in [9.17, 15) is 20.1 Å². The number of aliphatic hydroxyl groups is 1. The number of rotatable bonds is 6. The molecule has 2 aliphatic rings. The number of phenols is 2. The molecule has 1 amide bonds. The molecule has 174 valence electrons. The van der Waals surface area contributed by atoms with Crippen LogP contribution in [-0.2, 0) is 13.2 Å². The van der Waals surface area contributed by atoms with E-state index in [0.717, 1.165) is 29.5 Å². The molecule has 6 heteroatoms. The standard InChI is InChI=1S/C28H27NO5/c1-17(30)20-13-25(31)27(26(32)14-20)19-6-4-5-18(11-19)16-34-23-9-10-24-21(12-23)15-29(28(24)33)22-7-2-3-8-22/h4-6,9-14,22,30-32H,1-3,7-8,15-16H2. The molecule has 1 aliphatic heterocycles. The molecule has 3 aromatic rings. The van der Waals surface area contributed by atoms with Gasteiger partial charge in [-0.05, 0) is 65.9 Å². The van der Waals surface area contributed by atoms with E-state index >= 15 is 0 Å². The van der Waals surface area contributed by atoms with E-state index in [4.69, 9.17) is 4.74 Å². The number of aliphatic hydroxyl groups excluding tert-OH is 1. The van der Waals surface area contributed by atoms with Crippen molar-refractivity contribution >= 4 is 11.7 Å². The summed E-state index contributed by atoms with van der Waals surface area (Å²) in [5.41, 5.74) is 3.77. The minimum Gasteiger partial charge on any atom is -0.508 e. The van der Waals surface area contributed by atoms with Gasteiger partial charge < -0.3 is 25.0 Å². The monoisotopic (exact) mass is 457 g/mol. The number of aromatic hydroxyl groups is 2. The van der Waals surface area contributed by atoms with Gasteiger partial charge in [0, 0.05) is 23.7 Å². The van der Waals surface area contributed by atoms with Crippen LogP contribution in [0.15, 0.2) is 61.2 Å². The van der Waals surface area contributed by atoms with E-state index in [0.29, 0.717) is 30.5 Å². The predicted octanol–water partition coefficient (Wildman–Crippen LogP) is 5.77. The number of hydrogen-bond acceptors (Lipinski definition) is 5. The number of benzene rings is 3. The maximum absolute atomic E-state index is 12.8. The first-order chi connectivity index (χ1) is 16.4.